The molecule has 0 aliphatic heterocycles. The molecule has 0 fully saturated rings. The fourth-order valence-corrected chi connectivity index (χ4v) is 2.48. The molecule has 0 rings (SSSR count). The first-order valence-corrected chi connectivity index (χ1v) is 10.2. The van der Waals surface area contributed by atoms with Crippen LogP contribution in [0.15, 0.2) is 11.6 Å². The Morgan fingerprint density at radius 1 is 1.36 bits per heavy atom. The van der Waals surface area contributed by atoms with Crippen LogP contribution < -0.4 is 0 Å². The van der Waals surface area contributed by atoms with E-state index in [1.807, 2.05) is 0 Å². The fourth-order valence-electron chi connectivity index (χ4n) is 0.970. The second-order valence-corrected chi connectivity index (χ2v) is 10.4. The lowest BCUT2D eigenvalue weighted by Gasteiger charge is -2.02. The summed E-state index contributed by atoms with van der Waals surface area (Å²) in [6.45, 7) is 9.08. The van der Waals surface area contributed by atoms with Gasteiger partial charge in [0.2, 0.25) is 0 Å². The zero-order chi connectivity index (χ0) is 11.0. The van der Waals surface area contributed by atoms with Crippen LogP contribution >= 0.6 is 22.6 Å². The molecular weight excluding hydrogens is 299 g/mol. The van der Waals surface area contributed by atoms with Crippen molar-refractivity contribution in [1.82, 2.24) is 0 Å². The summed E-state index contributed by atoms with van der Waals surface area (Å²) >= 11 is 2.42. The zero-order valence-electron chi connectivity index (χ0n) is 9.78. The van der Waals surface area contributed by atoms with Crippen LogP contribution in [0.25, 0.3) is 0 Å². The van der Waals surface area contributed by atoms with Gasteiger partial charge in [0.25, 0.3) is 0 Å². The summed E-state index contributed by atoms with van der Waals surface area (Å²) in [6.07, 6.45) is 5.71. The lowest BCUT2D eigenvalue weighted by Crippen LogP contribution is -2.16. The standard InChI is InChI=1S/C12H21ISi/c1-12(9-10-13)8-6-5-7-11-14(2,3)4/h8H,5-6,9-10H2,1-4H3/b12-8+. The van der Waals surface area contributed by atoms with Crippen LogP contribution in [0.2, 0.25) is 19.6 Å². The minimum Gasteiger partial charge on any atom is -0.132 e. The average molecular weight is 320 g/mol. The van der Waals surface area contributed by atoms with Crippen LogP contribution in [0.1, 0.15) is 26.2 Å². The molecule has 0 spiro atoms. The molecule has 0 nitrogen and oxygen atoms in total. The van der Waals surface area contributed by atoms with E-state index in [0.717, 1.165) is 12.8 Å². The molecule has 0 N–H and O–H groups in total. The third-order valence-electron chi connectivity index (χ3n) is 1.71. The first-order chi connectivity index (χ1) is 6.45. The van der Waals surface area contributed by atoms with Gasteiger partial charge in [0.15, 0.2) is 0 Å². The van der Waals surface area contributed by atoms with Gasteiger partial charge in [-0.15, -0.1) is 11.5 Å². The second-order valence-electron chi connectivity index (χ2n) is 4.58. The minimum absolute atomic E-state index is 1.03. The summed E-state index contributed by atoms with van der Waals surface area (Å²) < 4.78 is 1.22. The molecule has 14 heavy (non-hydrogen) atoms. The summed E-state index contributed by atoms with van der Waals surface area (Å²) in [5.74, 6) is 3.29. The Kier molecular flexibility index (Phi) is 7.66. The van der Waals surface area contributed by atoms with E-state index in [4.69, 9.17) is 0 Å². The summed E-state index contributed by atoms with van der Waals surface area (Å²) in [4.78, 5) is 0. The molecule has 0 radical (unpaired) electrons. The third kappa shape index (κ3) is 10.3. The molecular formula is C12H21ISi. The van der Waals surface area contributed by atoms with Crippen molar-refractivity contribution in [2.75, 3.05) is 4.43 Å². The van der Waals surface area contributed by atoms with Crippen molar-refractivity contribution in [2.45, 2.75) is 45.8 Å². The van der Waals surface area contributed by atoms with Crippen molar-refractivity contribution in [2.24, 2.45) is 0 Å². The average Bonchev–Trinajstić information content (AvgIpc) is 2.02. The van der Waals surface area contributed by atoms with Crippen molar-refractivity contribution in [3.8, 4) is 11.5 Å². The van der Waals surface area contributed by atoms with Gasteiger partial charge >= 0.3 is 0 Å². The van der Waals surface area contributed by atoms with Gasteiger partial charge < -0.3 is 0 Å². The van der Waals surface area contributed by atoms with Gasteiger partial charge in [0, 0.05) is 10.8 Å². The quantitative estimate of drug-likeness (QED) is 0.180. The molecule has 0 bridgehead atoms. The molecule has 0 aliphatic carbocycles. The van der Waals surface area contributed by atoms with Gasteiger partial charge in [-0.2, -0.15) is 0 Å². The van der Waals surface area contributed by atoms with E-state index < -0.39 is 8.07 Å². The minimum atomic E-state index is -1.13. The number of alkyl halides is 1. The Morgan fingerprint density at radius 2 is 2.00 bits per heavy atom. The van der Waals surface area contributed by atoms with Crippen LogP contribution in [0, 0.1) is 11.5 Å². The molecule has 0 amide bonds. The number of hydrogen-bond donors (Lipinski definition) is 0. The molecule has 0 atom stereocenters. The van der Waals surface area contributed by atoms with E-state index in [1.165, 1.54) is 16.4 Å². The molecule has 80 valence electrons. The third-order valence-corrected chi connectivity index (χ3v) is 3.18. The van der Waals surface area contributed by atoms with Crippen molar-refractivity contribution in [1.29, 1.82) is 0 Å². The Hall–Kier alpha value is 0.247. The van der Waals surface area contributed by atoms with E-state index in [0.29, 0.717) is 0 Å². The number of rotatable bonds is 4. The highest BCUT2D eigenvalue weighted by molar-refractivity contribution is 14.1. The fraction of sp³-hybridized carbons (Fsp3) is 0.667. The van der Waals surface area contributed by atoms with Gasteiger partial charge in [-0.1, -0.05) is 53.9 Å². The molecule has 0 aromatic rings. The maximum Gasteiger partial charge on any atom is 0.129 e. The summed E-state index contributed by atoms with van der Waals surface area (Å²) in [7, 11) is -1.13. The normalized spacial score (nSPS) is 12.2. The first kappa shape index (κ1) is 14.2. The molecule has 0 saturated heterocycles. The van der Waals surface area contributed by atoms with Crippen molar-refractivity contribution < 1.29 is 0 Å². The van der Waals surface area contributed by atoms with Crippen LogP contribution in [-0.2, 0) is 0 Å². The van der Waals surface area contributed by atoms with Gasteiger partial charge in [0.1, 0.15) is 8.07 Å². The summed E-state index contributed by atoms with van der Waals surface area (Å²) in [5.41, 5.74) is 4.89. The highest BCUT2D eigenvalue weighted by Crippen LogP contribution is 2.05. The topological polar surface area (TPSA) is 0 Å². The van der Waals surface area contributed by atoms with Crippen molar-refractivity contribution in [3.05, 3.63) is 11.6 Å². The molecule has 2 heteroatoms. The number of unbranched alkanes of at least 4 members (excludes halogenated alkanes) is 1. The lowest BCUT2D eigenvalue weighted by atomic mass is 10.2. The van der Waals surface area contributed by atoms with Gasteiger partial charge in [0.05, 0.1) is 0 Å². The highest BCUT2D eigenvalue weighted by Gasteiger charge is 2.06. The van der Waals surface area contributed by atoms with E-state index in [2.05, 4.69) is 66.7 Å². The molecule has 0 heterocycles. The van der Waals surface area contributed by atoms with Crippen molar-refractivity contribution >= 4 is 30.7 Å². The van der Waals surface area contributed by atoms with Gasteiger partial charge in [-0.25, -0.2) is 0 Å². The number of halogens is 1. The highest BCUT2D eigenvalue weighted by atomic mass is 127. The monoisotopic (exact) mass is 320 g/mol. The number of allylic oxidation sites excluding steroid dienone is 2. The molecule has 0 unspecified atom stereocenters. The lowest BCUT2D eigenvalue weighted by molar-refractivity contribution is 1.03. The zero-order valence-corrected chi connectivity index (χ0v) is 12.9. The van der Waals surface area contributed by atoms with E-state index in [1.54, 1.807) is 0 Å². The van der Waals surface area contributed by atoms with Crippen LogP contribution in [-0.4, -0.2) is 12.5 Å². The molecule has 0 aromatic heterocycles. The summed E-state index contributed by atoms with van der Waals surface area (Å²) in [6, 6.07) is 0. The molecule has 0 saturated carbocycles. The van der Waals surface area contributed by atoms with Crippen LogP contribution in [0.5, 0.6) is 0 Å². The van der Waals surface area contributed by atoms with Gasteiger partial charge in [-0.3, -0.25) is 0 Å². The Labute approximate surface area is 104 Å². The first-order valence-electron chi connectivity index (χ1n) is 5.17. The molecule has 0 aliphatic rings. The predicted molar refractivity (Wildman–Crippen MR) is 77.6 cm³/mol. The largest absolute Gasteiger partial charge is 0.132 e. The van der Waals surface area contributed by atoms with Crippen LogP contribution in [0.3, 0.4) is 0 Å². The molecule has 0 aromatic carbocycles. The smallest absolute Gasteiger partial charge is 0.129 e. The van der Waals surface area contributed by atoms with E-state index in [-0.39, 0.29) is 0 Å². The SMILES string of the molecule is C/C(=C\CCC#C[Si](C)(C)C)CCI. The predicted octanol–water partition coefficient (Wildman–Crippen LogP) is 4.42. The number of hydrogen-bond acceptors (Lipinski definition) is 0. The van der Waals surface area contributed by atoms with Gasteiger partial charge in [-0.05, 0) is 19.8 Å². The van der Waals surface area contributed by atoms with Crippen LogP contribution in [0.4, 0.5) is 0 Å². The summed E-state index contributed by atoms with van der Waals surface area (Å²) in [5, 5.41) is 0. The second kappa shape index (κ2) is 7.53. The Bertz CT molecular complexity index is 237. The van der Waals surface area contributed by atoms with Crippen molar-refractivity contribution in [3.63, 3.8) is 0 Å². The maximum absolute atomic E-state index is 3.39. The van der Waals surface area contributed by atoms with E-state index >= 15 is 0 Å². The Morgan fingerprint density at radius 3 is 2.50 bits per heavy atom. The Balaban J connectivity index is 3.74. The van der Waals surface area contributed by atoms with E-state index in [9.17, 15) is 0 Å². The maximum atomic E-state index is 3.39.